The zero-order valence-corrected chi connectivity index (χ0v) is 11.7. The highest BCUT2D eigenvalue weighted by atomic mass is 19.4. The summed E-state index contributed by atoms with van der Waals surface area (Å²) < 4.78 is 42.1. The molecule has 0 bridgehead atoms. The van der Waals surface area contributed by atoms with Crippen LogP contribution in [0.4, 0.5) is 13.2 Å². The number of rotatable bonds is 5. The van der Waals surface area contributed by atoms with Crippen LogP contribution < -0.4 is 10.1 Å². The van der Waals surface area contributed by atoms with E-state index in [1.165, 1.54) is 18.2 Å². The lowest BCUT2D eigenvalue weighted by Crippen LogP contribution is -2.18. The van der Waals surface area contributed by atoms with Crippen molar-refractivity contribution < 1.29 is 17.9 Å². The first kappa shape index (κ1) is 15.4. The number of hydrogen-bond donors (Lipinski definition) is 1. The fraction of sp³-hybridized carbons (Fsp3) is 0.357. The first-order valence-corrected chi connectivity index (χ1v) is 6.38. The van der Waals surface area contributed by atoms with Crippen molar-refractivity contribution in [3.05, 3.63) is 47.3 Å². The molecule has 21 heavy (non-hydrogen) atoms. The topological polar surface area (TPSA) is 39.1 Å². The van der Waals surface area contributed by atoms with Crippen molar-refractivity contribution in [2.24, 2.45) is 7.05 Å². The van der Waals surface area contributed by atoms with E-state index >= 15 is 0 Å². The average Bonchev–Trinajstić information content (AvgIpc) is 2.66. The van der Waals surface area contributed by atoms with Gasteiger partial charge in [-0.2, -0.15) is 5.10 Å². The number of aryl methyl sites for hydroxylation is 2. The Kier molecular flexibility index (Phi) is 4.52. The molecule has 0 atom stereocenters. The van der Waals surface area contributed by atoms with Gasteiger partial charge in [-0.25, -0.2) is 0 Å². The number of halogens is 3. The third-order valence-corrected chi connectivity index (χ3v) is 2.87. The zero-order chi connectivity index (χ0) is 15.5. The maximum Gasteiger partial charge on any atom is 0.573 e. The van der Waals surface area contributed by atoms with Crippen LogP contribution >= 0.6 is 0 Å². The van der Waals surface area contributed by atoms with Gasteiger partial charge in [-0.05, 0) is 30.7 Å². The lowest BCUT2D eigenvalue weighted by molar-refractivity contribution is -0.274. The fourth-order valence-corrected chi connectivity index (χ4v) is 2.02. The quantitative estimate of drug-likeness (QED) is 0.922. The van der Waals surface area contributed by atoms with Gasteiger partial charge in [-0.15, -0.1) is 13.2 Å². The standard InChI is InChI=1S/C14H16F3N3O/c1-10-6-12(20(2)19-10)9-18-8-11-4-3-5-13(7-11)21-14(15,16)17/h3-7,18H,8-9H2,1-2H3. The molecular formula is C14H16F3N3O. The van der Waals surface area contributed by atoms with E-state index in [2.05, 4.69) is 15.2 Å². The third-order valence-electron chi connectivity index (χ3n) is 2.87. The average molecular weight is 299 g/mol. The summed E-state index contributed by atoms with van der Waals surface area (Å²) in [7, 11) is 1.85. The van der Waals surface area contributed by atoms with Crippen LogP contribution in [0.2, 0.25) is 0 Å². The van der Waals surface area contributed by atoms with Crippen LogP contribution in [0.5, 0.6) is 5.75 Å². The number of nitrogens with one attached hydrogen (secondary N) is 1. The van der Waals surface area contributed by atoms with Gasteiger partial charge in [0.05, 0.1) is 11.4 Å². The van der Waals surface area contributed by atoms with E-state index in [9.17, 15) is 13.2 Å². The summed E-state index contributed by atoms with van der Waals surface area (Å²) in [6, 6.07) is 7.88. The molecule has 1 aromatic heterocycles. The van der Waals surface area contributed by atoms with Gasteiger partial charge in [0.15, 0.2) is 0 Å². The Hall–Kier alpha value is -2.02. The van der Waals surface area contributed by atoms with Crippen LogP contribution in [-0.2, 0) is 20.1 Å². The summed E-state index contributed by atoms with van der Waals surface area (Å²) in [5.74, 6) is -0.210. The van der Waals surface area contributed by atoms with Gasteiger partial charge in [0.1, 0.15) is 5.75 Å². The fourth-order valence-electron chi connectivity index (χ4n) is 2.02. The Bertz CT molecular complexity index is 608. The minimum atomic E-state index is -4.67. The Morgan fingerprint density at radius 1 is 1.24 bits per heavy atom. The predicted octanol–water partition coefficient (Wildman–Crippen LogP) is 2.92. The summed E-state index contributed by atoms with van der Waals surface area (Å²) in [5.41, 5.74) is 2.65. The molecule has 0 aliphatic heterocycles. The molecule has 4 nitrogen and oxygen atoms in total. The molecule has 0 amide bonds. The van der Waals surface area contributed by atoms with E-state index in [0.29, 0.717) is 13.1 Å². The molecule has 0 aliphatic carbocycles. The number of aromatic nitrogens is 2. The monoisotopic (exact) mass is 299 g/mol. The molecule has 0 aliphatic rings. The van der Waals surface area contributed by atoms with E-state index in [4.69, 9.17) is 0 Å². The smallest absolute Gasteiger partial charge is 0.406 e. The molecular weight excluding hydrogens is 283 g/mol. The number of hydrogen-bond acceptors (Lipinski definition) is 3. The van der Waals surface area contributed by atoms with Crippen LogP contribution in [0.3, 0.4) is 0 Å². The van der Waals surface area contributed by atoms with Gasteiger partial charge in [-0.1, -0.05) is 12.1 Å². The molecule has 1 N–H and O–H groups in total. The summed E-state index contributed by atoms with van der Waals surface area (Å²) in [6.07, 6.45) is -4.67. The number of nitrogens with zero attached hydrogens (tertiary/aromatic N) is 2. The highest BCUT2D eigenvalue weighted by Crippen LogP contribution is 2.23. The summed E-state index contributed by atoms with van der Waals surface area (Å²) >= 11 is 0. The molecule has 0 saturated carbocycles. The predicted molar refractivity (Wildman–Crippen MR) is 71.6 cm³/mol. The number of benzene rings is 1. The van der Waals surface area contributed by atoms with Gasteiger partial charge < -0.3 is 10.1 Å². The minimum Gasteiger partial charge on any atom is -0.406 e. The maximum atomic E-state index is 12.1. The van der Waals surface area contributed by atoms with Gasteiger partial charge in [0, 0.05) is 20.1 Å². The summed E-state index contributed by atoms with van der Waals surface area (Å²) in [6.45, 7) is 2.93. The SMILES string of the molecule is Cc1cc(CNCc2cccc(OC(F)(F)F)c2)n(C)n1. The summed E-state index contributed by atoms with van der Waals surface area (Å²) in [4.78, 5) is 0. The van der Waals surface area contributed by atoms with Crippen molar-refractivity contribution in [3.63, 3.8) is 0 Å². The molecule has 0 saturated heterocycles. The van der Waals surface area contributed by atoms with Crippen molar-refractivity contribution in [1.82, 2.24) is 15.1 Å². The molecule has 0 unspecified atom stereocenters. The molecule has 1 heterocycles. The molecule has 2 aromatic rings. The van der Waals surface area contributed by atoms with E-state index in [1.54, 1.807) is 10.7 Å². The Labute approximate surface area is 120 Å². The largest absolute Gasteiger partial charge is 0.573 e. The first-order chi connectivity index (χ1) is 9.83. The zero-order valence-electron chi connectivity index (χ0n) is 11.7. The van der Waals surface area contributed by atoms with Crippen LogP contribution in [-0.4, -0.2) is 16.1 Å². The van der Waals surface area contributed by atoms with Crippen LogP contribution in [0.15, 0.2) is 30.3 Å². The molecule has 7 heteroatoms. The molecule has 1 aromatic carbocycles. The van der Waals surface area contributed by atoms with E-state index in [-0.39, 0.29) is 5.75 Å². The maximum absolute atomic E-state index is 12.1. The summed E-state index contributed by atoms with van der Waals surface area (Å²) in [5, 5.41) is 7.39. The molecule has 0 radical (unpaired) electrons. The second-order valence-electron chi connectivity index (χ2n) is 4.70. The first-order valence-electron chi connectivity index (χ1n) is 6.38. The Morgan fingerprint density at radius 3 is 2.62 bits per heavy atom. The molecule has 114 valence electrons. The molecule has 0 fully saturated rings. The van der Waals surface area contributed by atoms with Gasteiger partial charge in [0.25, 0.3) is 0 Å². The number of alkyl halides is 3. The Balaban J connectivity index is 1.91. The van der Waals surface area contributed by atoms with Crippen LogP contribution in [0, 0.1) is 6.92 Å². The van der Waals surface area contributed by atoms with Crippen molar-refractivity contribution >= 4 is 0 Å². The van der Waals surface area contributed by atoms with E-state index in [0.717, 1.165) is 17.0 Å². The molecule has 2 rings (SSSR count). The van der Waals surface area contributed by atoms with Crippen LogP contribution in [0.25, 0.3) is 0 Å². The van der Waals surface area contributed by atoms with Crippen molar-refractivity contribution in [2.45, 2.75) is 26.4 Å². The van der Waals surface area contributed by atoms with Crippen molar-refractivity contribution in [1.29, 1.82) is 0 Å². The lowest BCUT2D eigenvalue weighted by atomic mass is 10.2. The molecule has 0 spiro atoms. The highest BCUT2D eigenvalue weighted by molar-refractivity contribution is 5.28. The lowest BCUT2D eigenvalue weighted by Gasteiger charge is -2.10. The van der Waals surface area contributed by atoms with E-state index < -0.39 is 6.36 Å². The van der Waals surface area contributed by atoms with Crippen molar-refractivity contribution in [3.8, 4) is 5.75 Å². The van der Waals surface area contributed by atoms with Gasteiger partial charge in [0.2, 0.25) is 0 Å². The van der Waals surface area contributed by atoms with Crippen molar-refractivity contribution in [2.75, 3.05) is 0 Å². The van der Waals surface area contributed by atoms with Gasteiger partial charge in [-0.3, -0.25) is 4.68 Å². The highest BCUT2D eigenvalue weighted by Gasteiger charge is 2.31. The number of ether oxygens (including phenoxy) is 1. The minimum absolute atomic E-state index is 0.210. The Morgan fingerprint density at radius 2 is 2.00 bits per heavy atom. The third kappa shape index (κ3) is 4.78. The normalized spacial score (nSPS) is 11.7. The van der Waals surface area contributed by atoms with E-state index in [1.807, 2.05) is 20.0 Å². The van der Waals surface area contributed by atoms with Crippen LogP contribution in [0.1, 0.15) is 17.0 Å². The second-order valence-corrected chi connectivity index (χ2v) is 4.70. The second kappa shape index (κ2) is 6.17. The van der Waals surface area contributed by atoms with Gasteiger partial charge >= 0.3 is 6.36 Å².